The Balaban J connectivity index is 1.32. The highest BCUT2D eigenvalue weighted by Gasteiger charge is 2.26. The number of carbonyl (C=O) groups is 1. The van der Waals surface area contributed by atoms with E-state index in [0.29, 0.717) is 13.1 Å². The van der Waals surface area contributed by atoms with Gasteiger partial charge < -0.3 is 19.7 Å². The summed E-state index contributed by atoms with van der Waals surface area (Å²) in [4.78, 5) is 25.4. The van der Waals surface area contributed by atoms with Gasteiger partial charge in [-0.3, -0.25) is 4.79 Å². The first-order valence-corrected chi connectivity index (χ1v) is 10.7. The predicted octanol–water partition coefficient (Wildman–Crippen LogP) is 1.65. The molecule has 0 spiro atoms. The number of pyridine rings is 1. The largest absolute Gasteiger partial charge is 0.353 e. The summed E-state index contributed by atoms with van der Waals surface area (Å²) in [5.41, 5.74) is 3.14. The van der Waals surface area contributed by atoms with Crippen molar-refractivity contribution in [2.24, 2.45) is 5.92 Å². The molecule has 1 N–H and O–H groups in total. The van der Waals surface area contributed by atoms with Gasteiger partial charge in [0.05, 0.1) is 12.9 Å². The Bertz CT molecular complexity index is 1100. The second-order valence-corrected chi connectivity index (χ2v) is 8.43. The second kappa shape index (κ2) is 6.93. The molecule has 1 saturated carbocycles. The molecule has 1 amide bonds. The average molecular weight is 404 g/mol. The second-order valence-electron chi connectivity index (χ2n) is 8.43. The summed E-state index contributed by atoms with van der Waals surface area (Å²) in [5, 5.41) is 11.7. The number of nitrogens with one attached hydrogen (secondary N) is 1. The molecule has 2 aliphatic heterocycles. The summed E-state index contributed by atoms with van der Waals surface area (Å²) in [7, 11) is 0. The van der Waals surface area contributed by atoms with Crippen LogP contribution in [0.2, 0.25) is 0 Å². The van der Waals surface area contributed by atoms with E-state index in [0.717, 1.165) is 67.0 Å². The molecule has 0 atom stereocenters. The minimum Gasteiger partial charge on any atom is -0.353 e. The Labute approximate surface area is 174 Å². The molecule has 0 radical (unpaired) electrons. The predicted molar refractivity (Wildman–Crippen MR) is 113 cm³/mol. The van der Waals surface area contributed by atoms with Gasteiger partial charge in [-0.25, -0.2) is 9.97 Å². The molecular weight excluding hydrogens is 380 g/mol. The van der Waals surface area contributed by atoms with Gasteiger partial charge in [0.15, 0.2) is 17.3 Å². The van der Waals surface area contributed by atoms with Crippen LogP contribution >= 0.6 is 0 Å². The smallest absolute Gasteiger partial charge is 0.239 e. The van der Waals surface area contributed by atoms with Crippen molar-refractivity contribution in [3.05, 3.63) is 30.1 Å². The van der Waals surface area contributed by atoms with E-state index >= 15 is 0 Å². The highest BCUT2D eigenvalue weighted by molar-refractivity contribution is 5.82. The number of rotatable bonds is 4. The number of anilines is 3. The SMILES string of the molecule is O=C1CN(c2ccc(N3CCCc4cc5ncn(CC6CC6)c5nc43)nn2)CCN1. The number of imidazole rings is 1. The van der Waals surface area contributed by atoms with E-state index in [2.05, 4.69) is 36.0 Å². The molecule has 0 bridgehead atoms. The molecule has 3 aromatic rings. The quantitative estimate of drug-likeness (QED) is 0.707. The first kappa shape index (κ1) is 17.6. The van der Waals surface area contributed by atoms with Crippen LogP contribution in [0.4, 0.5) is 17.5 Å². The molecule has 5 heterocycles. The summed E-state index contributed by atoms with van der Waals surface area (Å²) in [5.74, 6) is 3.28. The number of carbonyl (C=O) groups excluding carboxylic acids is 1. The number of hydrogen-bond acceptors (Lipinski definition) is 7. The fourth-order valence-electron chi connectivity index (χ4n) is 4.37. The standard InChI is InChI=1S/C21H24N8O/c30-19-12-27(9-7-22-19)17-5-6-18(26-25-17)29-8-1-2-15-10-16-21(24-20(15)29)28(13-23-16)11-14-3-4-14/h5-6,10,13-14H,1-4,7-9,11-12H2,(H,22,30). The minimum atomic E-state index is 0.0214. The van der Waals surface area contributed by atoms with Gasteiger partial charge in [-0.15, -0.1) is 10.2 Å². The van der Waals surface area contributed by atoms with Crippen molar-refractivity contribution in [2.75, 3.05) is 36.0 Å². The topological polar surface area (TPSA) is 92.1 Å². The normalized spacial score (nSPS) is 19.1. The number of piperazine rings is 1. The fourth-order valence-corrected chi connectivity index (χ4v) is 4.37. The number of fused-ring (bicyclic) bond motifs is 2. The van der Waals surface area contributed by atoms with Crippen LogP contribution in [0, 0.1) is 5.92 Å². The monoisotopic (exact) mass is 404 g/mol. The third-order valence-electron chi connectivity index (χ3n) is 6.16. The third kappa shape index (κ3) is 3.14. The lowest BCUT2D eigenvalue weighted by Gasteiger charge is -2.30. The first-order valence-electron chi connectivity index (χ1n) is 10.7. The summed E-state index contributed by atoms with van der Waals surface area (Å²) >= 11 is 0. The Morgan fingerprint density at radius 2 is 2.00 bits per heavy atom. The van der Waals surface area contributed by atoms with E-state index < -0.39 is 0 Å². The van der Waals surface area contributed by atoms with E-state index in [-0.39, 0.29) is 5.91 Å². The molecule has 30 heavy (non-hydrogen) atoms. The van der Waals surface area contributed by atoms with Crippen LogP contribution < -0.4 is 15.1 Å². The average Bonchev–Trinajstić information content (AvgIpc) is 3.52. The summed E-state index contributed by atoms with van der Waals surface area (Å²) in [6, 6.07) is 6.11. The lowest BCUT2D eigenvalue weighted by atomic mass is 10.1. The van der Waals surface area contributed by atoms with Crippen LogP contribution in [0.5, 0.6) is 0 Å². The van der Waals surface area contributed by atoms with E-state index in [1.54, 1.807) is 0 Å². The van der Waals surface area contributed by atoms with Gasteiger partial charge in [-0.1, -0.05) is 0 Å². The maximum absolute atomic E-state index is 11.7. The molecule has 1 aliphatic carbocycles. The minimum absolute atomic E-state index is 0.0214. The van der Waals surface area contributed by atoms with Crippen LogP contribution in [0.25, 0.3) is 11.2 Å². The zero-order valence-corrected chi connectivity index (χ0v) is 16.8. The molecular formula is C21H24N8O. The Morgan fingerprint density at radius 3 is 2.80 bits per heavy atom. The van der Waals surface area contributed by atoms with Gasteiger partial charge >= 0.3 is 0 Å². The third-order valence-corrected chi connectivity index (χ3v) is 6.16. The van der Waals surface area contributed by atoms with Crippen molar-refractivity contribution in [3.63, 3.8) is 0 Å². The fraction of sp³-hybridized carbons (Fsp3) is 0.476. The first-order chi connectivity index (χ1) is 14.7. The molecule has 0 aromatic carbocycles. The van der Waals surface area contributed by atoms with Crippen LogP contribution in [0.1, 0.15) is 24.8 Å². The van der Waals surface area contributed by atoms with Gasteiger partial charge in [-0.2, -0.15) is 0 Å². The molecule has 9 heteroatoms. The summed E-state index contributed by atoms with van der Waals surface area (Å²) in [6.45, 7) is 3.57. The molecule has 1 saturated heterocycles. The number of amides is 1. The zero-order chi connectivity index (χ0) is 20.1. The van der Waals surface area contributed by atoms with Crippen molar-refractivity contribution in [3.8, 4) is 0 Å². The van der Waals surface area contributed by atoms with E-state index in [1.807, 2.05) is 23.4 Å². The van der Waals surface area contributed by atoms with Gasteiger partial charge in [0.1, 0.15) is 11.3 Å². The lowest BCUT2D eigenvalue weighted by Crippen LogP contribution is -2.48. The van der Waals surface area contributed by atoms with Crippen LogP contribution in [0.15, 0.2) is 24.5 Å². The molecule has 9 nitrogen and oxygen atoms in total. The van der Waals surface area contributed by atoms with Crippen LogP contribution in [0.3, 0.4) is 0 Å². The highest BCUT2D eigenvalue weighted by Crippen LogP contribution is 2.35. The molecule has 154 valence electrons. The Kier molecular flexibility index (Phi) is 4.07. The van der Waals surface area contributed by atoms with Crippen molar-refractivity contribution >= 4 is 34.5 Å². The Morgan fingerprint density at radius 1 is 1.13 bits per heavy atom. The highest BCUT2D eigenvalue weighted by atomic mass is 16.2. The van der Waals surface area contributed by atoms with Gasteiger partial charge in [0.25, 0.3) is 0 Å². The van der Waals surface area contributed by atoms with E-state index in [4.69, 9.17) is 4.98 Å². The van der Waals surface area contributed by atoms with Gasteiger partial charge in [-0.05, 0) is 55.4 Å². The number of aromatic nitrogens is 5. The van der Waals surface area contributed by atoms with Crippen molar-refractivity contribution < 1.29 is 4.79 Å². The number of hydrogen-bond donors (Lipinski definition) is 1. The van der Waals surface area contributed by atoms with Crippen molar-refractivity contribution in [1.82, 2.24) is 30.0 Å². The lowest BCUT2D eigenvalue weighted by molar-refractivity contribution is -0.120. The molecule has 0 unspecified atom stereocenters. The number of aryl methyl sites for hydroxylation is 1. The van der Waals surface area contributed by atoms with Crippen LogP contribution in [-0.4, -0.2) is 56.8 Å². The molecule has 3 aliphatic rings. The summed E-state index contributed by atoms with van der Waals surface area (Å²) < 4.78 is 2.19. The molecule has 6 rings (SSSR count). The van der Waals surface area contributed by atoms with Gasteiger partial charge in [0, 0.05) is 26.2 Å². The zero-order valence-electron chi connectivity index (χ0n) is 16.8. The molecule has 3 aromatic heterocycles. The molecule has 2 fully saturated rings. The van der Waals surface area contributed by atoms with Crippen LogP contribution in [-0.2, 0) is 17.8 Å². The van der Waals surface area contributed by atoms with Crippen molar-refractivity contribution in [1.29, 1.82) is 0 Å². The van der Waals surface area contributed by atoms with Gasteiger partial charge in [0.2, 0.25) is 5.91 Å². The maximum Gasteiger partial charge on any atom is 0.239 e. The van der Waals surface area contributed by atoms with E-state index in [1.165, 1.54) is 18.4 Å². The maximum atomic E-state index is 11.7. The summed E-state index contributed by atoms with van der Waals surface area (Å²) in [6.07, 6.45) is 6.57. The van der Waals surface area contributed by atoms with E-state index in [9.17, 15) is 4.79 Å². The Hall–Kier alpha value is -3.23. The van der Waals surface area contributed by atoms with Crippen molar-refractivity contribution in [2.45, 2.75) is 32.2 Å². The number of nitrogens with zero attached hydrogens (tertiary/aromatic N) is 7.